The second kappa shape index (κ2) is 6.09. The van der Waals surface area contributed by atoms with E-state index in [4.69, 9.17) is 9.47 Å². The third-order valence-corrected chi connectivity index (χ3v) is 3.38. The van der Waals surface area contributed by atoms with Crippen LogP contribution in [0.5, 0.6) is 11.5 Å². The number of hydrogen-bond donors (Lipinski definition) is 0. The van der Waals surface area contributed by atoms with E-state index in [0.29, 0.717) is 19.6 Å². The first-order valence-electron chi connectivity index (χ1n) is 5.81. The molecular weight excluding hydrogens is 300 g/mol. The van der Waals surface area contributed by atoms with Crippen LogP contribution in [-0.4, -0.2) is 31.1 Å². The van der Waals surface area contributed by atoms with Gasteiger partial charge in [-0.15, -0.1) is 0 Å². The molecule has 1 aliphatic rings. The van der Waals surface area contributed by atoms with Crippen molar-refractivity contribution in [3.05, 3.63) is 23.8 Å². The molecular formula is C13H15BrO4. The van der Waals surface area contributed by atoms with Crippen molar-refractivity contribution in [2.24, 2.45) is 0 Å². The van der Waals surface area contributed by atoms with Crippen LogP contribution in [0.15, 0.2) is 18.2 Å². The van der Waals surface area contributed by atoms with Gasteiger partial charge in [0.1, 0.15) is 4.83 Å². The lowest BCUT2D eigenvalue weighted by molar-refractivity contribution is -0.139. The number of benzene rings is 1. The molecule has 1 aromatic rings. The maximum atomic E-state index is 11.3. The minimum atomic E-state index is -0.341. The molecule has 2 rings (SSSR count). The molecule has 0 saturated carbocycles. The highest BCUT2D eigenvalue weighted by atomic mass is 79.9. The van der Waals surface area contributed by atoms with E-state index < -0.39 is 0 Å². The van der Waals surface area contributed by atoms with Crippen LogP contribution in [0, 0.1) is 0 Å². The Kier molecular flexibility index (Phi) is 4.47. The van der Waals surface area contributed by atoms with Crippen molar-refractivity contribution in [2.45, 2.75) is 17.7 Å². The minimum Gasteiger partial charge on any atom is -0.490 e. The standard InChI is InChI=1S/C13H15BrO4/c1-16-13(15)10(14)7-9-3-4-11-12(8-9)18-6-2-5-17-11/h3-4,8,10H,2,5-7H2,1H3. The molecule has 0 fully saturated rings. The Morgan fingerprint density at radius 3 is 2.83 bits per heavy atom. The Hall–Kier alpha value is -1.23. The quantitative estimate of drug-likeness (QED) is 0.634. The Morgan fingerprint density at radius 2 is 2.11 bits per heavy atom. The molecule has 1 atom stereocenters. The van der Waals surface area contributed by atoms with Gasteiger partial charge in [0, 0.05) is 6.42 Å². The Labute approximate surface area is 114 Å². The van der Waals surface area contributed by atoms with Crippen LogP contribution in [0.25, 0.3) is 0 Å². The zero-order valence-electron chi connectivity index (χ0n) is 10.1. The largest absolute Gasteiger partial charge is 0.490 e. The number of fused-ring (bicyclic) bond motifs is 1. The van der Waals surface area contributed by atoms with E-state index in [0.717, 1.165) is 23.5 Å². The fraction of sp³-hybridized carbons (Fsp3) is 0.462. The van der Waals surface area contributed by atoms with E-state index in [-0.39, 0.29) is 10.8 Å². The molecule has 0 aromatic heterocycles. The minimum absolute atomic E-state index is 0.276. The van der Waals surface area contributed by atoms with E-state index in [9.17, 15) is 4.79 Å². The van der Waals surface area contributed by atoms with E-state index in [1.165, 1.54) is 7.11 Å². The normalized spacial score (nSPS) is 15.7. The summed E-state index contributed by atoms with van der Waals surface area (Å²) in [5.74, 6) is 1.23. The molecule has 1 aromatic carbocycles. The van der Waals surface area contributed by atoms with Crippen molar-refractivity contribution in [3.8, 4) is 11.5 Å². The second-order valence-corrected chi connectivity index (χ2v) is 5.13. The van der Waals surface area contributed by atoms with Crippen molar-refractivity contribution in [2.75, 3.05) is 20.3 Å². The van der Waals surface area contributed by atoms with Crippen LogP contribution in [0.2, 0.25) is 0 Å². The van der Waals surface area contributed by atoms with Crippen LogP contribution in [0.4, 0.5) is 0 Å². The first kappa shape index (κ1) is 13.2. The summed E-state index contributed by atoms with van der Waals surface area (Å²) in [7, 11) is 1.38. The van der Waals surface area contributed by atoms with Gasteiger partial charge in [0.25, 0.3) is 0 Å². The molecule has 0 N–H and O–H groups in total. The molecule has 0 saturated heterocycles. The zero-order chi connectivity index (χ0) is 13.0. The van der Waals surface area contributed by atoms with Gasteiger partial charge in [-0.3, -0.25) is 4.79 Å². The lowest BCUT2D eigenvalue weighted by atomic mass is 10.1. The number of ether oxygens (including phenoxy) is 3. The van der Waals surface area contributed by atoms with Crippen LogP contribution in [0.3, 0.4) is 0 Å². The number of rotatable bonds is 3. The summed E-state index contributed by atoms with van der Waals surface area (Å²) < 4.78 is 15.8. The number of hydrogen-bond acceptors (Lipinski definition) is 4. The molecule has 1 heterocycles. The molecule has 5 heteroatoms. The summed E-state index contributed by atoms with van der Waals surface area (Å²) in [6.45, 7) is 1.33. The van der Waals surface area contributed by atoms with E-state index in [1.807, 2.05) is 18.2 Å². The number of esters is 1. The van der Waals surface area contributed by atoms with Gasteiger partial charge >= 0.3 is 5.97 Å². The average Bonchev–Trinajstić information content (AvgIpc) is 2.62. The summed E-state index contributed by atoms with van der Waals surface area (Å²) >= 11 is 3.31. The predicted molar refractivity (Wildman–Crippen MR) is 70.5 cm³/mol. The highest BCUT2D eigenvalue weighted by Crippen LogP contribution is 2.31. The monoisotopic (exact) mass is 314 g/mol. The summed E-state index contributed by atoms with van der Waals surface area (Å²) in [5.41, 5.74) is 1.01. The Morgan fingerprint density at radius 1 is 1.39 bits per heavy atom. The Balaban J connectivity index is 2.10. The lowest BCUT2D eigenvalue weighted by Gasteiger charge is -2.11. The number of alkyl halides is 1. The van der Waals surface area contributed by atoms with Gasteiger partial charge in [0.15, 0.2) is 11.5 Å². The topological polar surface area (TPSA) is 44.8 Å². The van der Waals surface area contributed by atoms with Crippen LogP contribution in [0.1, 0.15) is 12.0 Å². The lowest BCUT2D eigenvalue weighted by Crippen LogP contribution is -2.18. The van der Waals surface area contributed by atoms with E-state index in [2.05, 4.69) is 20.7 Å². The summed E-state index contributed by atoms with van der Waals surface area (Å²) in [4.78, 5) is 11.0. The third kappa shape index (κ3) is 3.16. The number of halogens is 1. The number of carbonyl (C=O) groups excluding carboxylic acids is 1. The first-order chi connectivity index (χ1) is 8.70. The summed E-state index contributed by atoms with van der Waals surface area (Å²) in [6, 6.07) is 5.73. The van der Waals surface area contributed by atoms with Gasteiger partial charge in [-0.05, 0) is 24.1 Å². The van der Waals surface area contributed by atoms with Gasteiger partial charge < -0.3 is 14.2 Å². The zero-order valence-corrected chi connectivity index (χ0v) is 11.7. The fourth-order valence-electron chi connectivity index (χ4n) is 1.75. The molecule has 1 unspecified atom stereocenters. The van der Waals surface area contributed by atoms with E-state index >= 15 is 0 Å². The maximum Gasteiger partial charge on any atom is 0.319 e. The second-order valence-electron chi connectivity index (χ2n) is 4.03. The first-order valence-corrected chi connectivity index (χ1v) is 6.72. The molecule has 0 amide bonds. The molecule has 18 heavy (non-hydrogen) atoms. The SMILES string of the molecule is COC(=O)C(Br)Cc1ccc2c(c1)OCCCO2. The molecule has 4 nitrogen and oxygen atoms in total. The molecule has 0 radical (unpaired) electrons. The molecule has 1 aliphatic heterocycles. The van der Waals surface area contributed by atoms with Crippen molar-refractivity contribution in [1.82, 2.24) is 0 Å². The van der Waals surface area contributed by atoms with Crippen molar-refractivity contribution in [3.63, 3.8) is 0 Å². The molecule has 0 aliphatic carbocycles. The van der Waals surface area contributed by atoms with Crippen LogP contribution < -0.4 is 9.47 Å². The maximum absolute atomic E-state index is 11.3. The summed E-state index contributed by atoms with van der Waals surface area (Å²) in [5, 5.41) is 0. The predicted octanol–water partition coefficient (Wildman–Crippen LogP) is 2.33. The number of carbonyl (C=O) groups is 1. The average molecular weight is 315 g/mol. The molecule has 98 valence electrons. The van der Waals surface area contributed by atoms with Crippen LogP contribution >= 0.6 is 15.9 Å². The van der Waals surface area contributed by atoms with Crippen LogP contribution in [-0.2, 0) is 16.0 Å². The van der Waals surface area contributed by atoms with Gasteiger partial charge in [-0.25, -0.2) is 0 Å². The van der Waals surface area contributed by atoms with Gasteiger partial charge in [-0.1, -0.05) is 22.0 Å². The van der Waals surface area contributed by atoms with Gasteiger partial charge in [-0.2, -0.15) is 0 Å². The molecule has 0 bridgehead atoms. The Bertz CT molecular complexity index is 433. The van der Waals surface area contributed by atoms with Crippen molar-refractivity contribution >= 4 is 21.9 Å². The highest BCUT2D eigenvalue weighted by molar-refractivity contribution is 9.10. The molecule has 0 spiro atoms. The number of methoxy groups -OCH3 is 1. The highest BCUT2D eigenvalue weighted by Gasteiger charge is 2.17. The van der Waals surface area contributed by atoms with Crippen molar-refractivity contribution < 1.29 is 19.0 Å². The smallest absolute Gasteiger partial charge is 0.319 e. The van der Waals surface area contributed by atoms with Crippen molar-refractivity contribution in [1.29, 1.82) is 0 Å². The summed E-state index contributed by atoms with van der Waals surface area (Å²) in [6.07, 6.45) is 1.44. The third-order valence-electron chi connectivity index (χ3n) is 2.68. The fourth-order valence-corrected chi connectivity index (χ4v) is 2.31. The van der Waals surface area contributed by atoms with Gasteiger partial charge in [0.05, 0.1) is 20.3 Å². The van der Waals surface area contributed by atoms with Gasteiger partial charge in [0.2, 0.25) is 0 Å². The van der Waals surface area contributed by atoms with E-state index in [1.54, 1.807) is 0 Å².